The Morgan fingerprint density at radius 2 is 1.70 bits per heavy atom. The summed E-state index contributed by atoms with van der Waals surface area (Å²) in [6.07, 6.45) is 4.60. The van der Waals surface area contributed by atoms with Crippen molar-refractivity contribution in [3.63, 3.8) is 0 Å². The molecule has 0 saturated heterocycles. The van der Waals surface area contributed by atoms with Crippen LogP contribution in [-0.2, 0) is 0 Å². The van der Waals surface area contributed by atoms with Gasteiger partial charge < -0.3 is 0 Å². The van der Waals surface area contributed by atoms with Gasteiger partial charge >= 0.3 is 28.7 Å². The van der Waals surface area contributed by atoms with Crippen LogP contribution >= 0.6 is 15.9 Å². The van der Waals surface area contributed by atoms with E-state index >= 15 is 0 Å². The average molecular weight is 189 g/mol. The van der Waals surface area contributed by atoms with Crippen LogP contribution in [0.5, 0.6) is 0 Å². The molecule has 46 valence electrons. The number of hydrogen-bond acceptors (Lipinski definition) is 0. The molecule has 0 aliphatic heterocycles. The number of hydrogen-bond donors (Lipinski definition) is 0. The van der Waals surface area contributed by atoms with Crippen LogP contribution in [-0.4, -0.2) is 17.7 Å². The fourth-order valence-electron chi connectivity index (χ4n) is 0.415. The number of benzene rings is 1. The molecule has 0 unspecified atom stereocenters. The van der Waals surface area contributed by atoms with Crippen LogP contribution in [0.4, 0.5) is 0 Å². The second-order valence-electron chi connectivity index (χ2n) is 1.58. The van der Waals surface area contributed by atoms with Gasteiger partial charge in [0.15, 0.2) is 0 Å². The zero-order valence-corrected chi connectivity index (χ0v) is 7.43. The van der Waals surface area contributed by atoms with Gasteiger partial charge in [-0.3, -0.25) is 0 Å². The Bertz CT molecular complexity index is 200. The first-order valence-corrected chi connectivity index (χ1v) is 3.68. The summed E-state index contributed by atoms with van der Waals surface area (Å²) in [6.45, 7) is 0. The molecule has 0 N–H and O–H groups in total. The van der Waals surface area contributed by atoms with E-state index in [0.717, 1.165) is 4.47 Å². The Morgan fingerprint density at radius 1 is 1.30 bits per heavy atom. The molecule has 0 amide bonds. The molecular weight excluding hydrogens is 183 g/mol. The summed E-state index contributed by atoms with van der Waals surface area (Å²) in [5.74, 6) is 0. The summed E-state index contributed by atoms with van der Waals surface area (Å²) < 4.78 is 3.38. The third-order valence-corrected chi connectivity index (χ3v) is 1.26. The monoisotopic (exact) mass is 188 g/mol. The molecular formula is C8H6BrLi. The first-order chi connectivity index (χ1) is 4.81. The molecule has 0 saturated carbocycles. The predicted octanol–water partition coefficient (Wildman–Crippen LogP) is 2.19. The van der Waals surface area contributed by atoms with Crippen LogP contribution in [0.25, 0.3) is 0 Å². The average Bonchev–Trinajstić information content (AvgIpc) is 1.91. The van der Waals surface area contributed by atoms with Gasteiger partial charge in [-0.05, 0) is 12.1 Å². The van der Waals surface area contributed by atoms with Gasteiger partial charge in [-0.1, -0.05) is 34.1 Å². The topological polar surface area (TPSA) is 0 Å². The van der Waals surface area contributed by atoms with E-state index in [-0.39, 0.29) is 0 Å². The number of rotatable bonds is 0. The zero-order valence-electron chi connectivity index (χ0n) is 5.84. The third kappa shape index (κ3) is 5.98. The van der Waals surface area contributed by atoms with Crippen molar-refractivity contribution < 1.29 is 0 Å². The number of halogens is 1. The molecule has 0 aromatic heterocycles. The normalized spacial score (nSPS) is 7.00. The molecule has 0 bridgehead atoms. The second kappa shape index (κ2) is 6.97. The molecule has 1 rings (SSSR count). The summed E-state index contributed by atoms with van der Waals surface area (Å²) in [5, 5.41) is 0. The Hall–Kier alpha value is -0.143. The van der Waals surface area contributed by atoms with Gasteiger partial charge in [-0.25, -0.2) is 0 Å². The van der Waals surface area contributed by atoms with E-state index in [2.05, 4.69) is 26.9 Å². The maximum atomic E-state index is 4.60. The van der Waals surface area contributed by atoms with Crippen molar-refractivity contribution in [3.05, 3.63) is 34.8 Å². The predicted molar refractivity (Wildman–Crippen MR) is 48.7 cm³/mol. The van der Waals surface area contributed by atoms with Crippen LogP contribution in [0.1, 0.15) is 0 Å². The summed E-state index contributed by atoms with van der Waals surface area (Å²) >= 11 is 4.96. The quantitative estimate of drug-likeness (QED) is 0.433. The van der Waals surface area contributed by atoms with E-state index < -0.39 is 0 Å². The minimum atomic E-state index is 1.13. The van der Waals surface area contributed by atoms with Gasteiger partial charge in [0.05, 0.1) is 0 Å². The van der Waals surface area contributed by atoms with E-state index in [4.69, 9.17) is 0 Å². The van der Waals surface area contributed by atoms with Crippen molar-refractivity contribution in [3.8, 4) is 11.0 Å². The third-order valence-electron chi connectivity index (χ3n) is 0.733. The molecule has 0 atom stereocenters. The Morgan fingerprint density at radius 3 is 1.90 bits per heavy atom. The fourth-order valence-corrected chi connectivity index (χ4v) is 0.720. The van der Waals surface area contributed by atoms with Crippen molar-refractivity contribution in [2.75, 3.05) is 0 Å². The van der Waals surface area contributed by atoms with E-state index in [9.17, 15) is 0 Å². The van der Waals surface area contributed by atoms with Crippen LogP contribution in [0.15, 0.2) is 34.8 Å². The van der Waals surface area contributed by atoms with E-state index in [1.54, 1.807) is 17.7 Å². The summed E-state index contributed by atoms with van der Waals surface area (Å²) in [5.41, 5.74) is 0. The Labute approximate surface area is 79.4 Å². The standard InChI is InChI=1S/C6H5Br.C2H.Li/c7-6-4-2-1-3-5-6;1-2;/h1-5H;1H;. The minimum absolute atomic E-state index is 1.13. The molecule has 1 aromatic carbocycles. The van der Waals surface area contributed by atoms with Gasteiger partial charge in [0.25, 0.3) is 0 Å². The van der Waals surface area contributed by atoms with Crippen molar-refractivity contribution >= 4 is 33.6 Å². The van der Waals surface area contributed by atoms with Crippen LogP contribution in [0, 0.1) is 11.0 Å². The van der Waals surface area contributed by atoms with Crippen LogP contribution in [0.2, 0.25) is 0 Å². The first-order valence-electron chi connectivity index (χ1n) is 2.89. The molecule has 0 aliphatic rings. The second-order valence-corrected chi connectivity index (χ2v) is 2.50. The Kier molecular flexibility index (Phi) is 6.87. The SMILES string of the molecule is Brc1ccccc1.[Li][C]#C. The summed E-state index contributed by atoms with van der Waals surface area (Å²) in [4.78, 5) is 0. The fraction of sp³-hybridized carbons (Fsp3) is 0. The van der Waals surface area contributed by atoms with Crippen molar-refractivity contribution in [1.29, 1.82) is 0 Å². The van der Waals surface area contributed by atoms with Gasteiger partial charge in [-0.15, -0.1) is 0 Å². The van der Waals surface area contributed by atoms with Crippen molar-refractivity contribution in [2.45, 2.75) is 0 Å². The van der Waals surface area contributed by atoms with Gasteiger partial charge in [0.2, 0.25) is 0 Å². The summed E-state index contributed by atoms with van der Waals surface area (Å²) in [6, 6.07) is 9.97. The van der Waals surface area contributed by atoms with E-state index in [1.807, 2.05) is 30.3 Å². The van der Waals surface area contributed by atoms with Gasteiger partial charge in [0, 0.05) is 4.47 Å². The molecule has 2 heteroatoms. The van der Waals surface area contributed by atoms with E-state index in [1.165, 1.54) is 0 Å². The van der Waals surface area contributed by atoms with Crippen molar-refractivity contribution in [2.24, 2.45) is 0 Å². The molecule has 0 radical (unpaired) electrons. The molecule has 0 nitrogen and oxygen atoms in total. The van der Waals surface area contributed by atoms with Crippen LogP contribution < -0.4 is 0 Å². The maximum absolute atomic E-state index is 4.60. The van der Waals surface area contributed by atoms with Gasteiger partial charge in [0.1, 0.15) is 0 Å². The molecule has 0 heterocycles. The molecule has 1 aromatic rings. The molecule has 0 spiro atoms. The molecule has 0 aliphatic carbocycles. The number of terminal acetylenes is 1. The van der Waals surface area contributed by atoms with Crippen LogP contribution in [0.3, 0.4) is 0 Å². The first kappa shape index (κ1) is 9.86. The molecule has 0 fully saturated rings. The van der Waals surface area contributed by atoms with Crippen molar-refractivity contribution in [1.82, 2.24) is 0 Å². The molecule has 10 heavy (non-hydrogen) atoms. The Balaban J connectivity index is 0.000000236. The summed E-state index contributed by atoms with van der Waals surface area (Å²) in [7, 11) is 0. The van der Waals surface area contributed by atoms with E-state index in [0.29, 0.717) is 0 Å². The van der Waals surface area contributed by atoms with Gasteiger partial charge in [-0.2, -0.15) is 0 Å². The zero-order chi connectivity index (χ0) is 7.82.